The number of amides is 2. The lowest BCUT2D eigenvalue weighted by atomic mass is 10.2. The van der Waals surface area contributed by atoms with Gasteiger partial charge in [-0.05, 0) is 6.42 Å². The summed E-state index contributed by atoms with van der Waals surface area (Å²) in [6.45, 7) is -0.345. The molecular weight excluding hydrogens is 244 g/mol. The Morgan fingerprint density at radius 1 is 1.22 bits per heavy atom. The number of ether oxygens (including phenoxy) is 1. The number of carbonyl (C=O) groups is 3. The molecule has 0 bridgehead atoms. The van der Waals surface area contributed by atoms with Crippen molar-refractivity contribution in [1.29, 1.82) is 0 Å². The van der Waals surface area contributed by atoms with Crippen LogP contribution in [0.2, 0.25) is 0 Å². The van der Waals surface area contributed by atoms with Crippen LogP contribution in [0.15, 0.2) is 0 Å². The molecule has 1 fully saturated rings. The molecular formula is C10H16N2O6. The van der Waals surface area contributed by atoms with Crippen molar-refractivity contribution in [2.75, 3.05) is 33.4 Å². The first-order valence-corrected chi connectivity index (χ1v) is 5.45. The Balaban J connectivity index is 2.67. The first kappa shape index (κ1) is 14.2. The summed E-state index contributed by atoms with van der Waals surface area (Å²) in [5.41, 5.74) is 0. The van der Waals surface area contributed by atoms with E-state index in [9.17, 15) is 14.4 Å². The Kier molecular flexibility index (Phi) is 4.90. The monoisotopic (exact) mass is 260 g/mol. The topological polar surface area (TPSA) is 107 Å². The average molecular weight is 260 g/mol. The van der Waals surface area contributed by atoms with Crippen LogP contribution in [0.4, 0.5) is 4.79 Å². The van der Waals surface area contributed by atoms with Gasteiger partial charge in [-0.15, -0.1) is 0 Å². The van der Waals surface area contributed by atoms with Gasteiger partial charge >= 0.3 is 18.0 Å². The number of aliphatic carboxylic acids is 2. The average Bonchev–Trinajstić information content (AvgIpc) is 2.78. The van der Waals surface area contributed by atoms with Gasteiger partial charge in [0.1, 0.15) is 13.1 Å². The summed E-state index contributed by atoms with van der Waals surface area (Å²) >= 11 is 0. The normalized spacial score (nSPS) is 18.4. The van der Waals surface area contributed by atoms with Gasteiger partial charge in [-0.1, -0.05) is 0 Å². The fourth-order valence-electron chi connectivity index (χ4n) is 1.72. The zero-order chi connectivity index (χ0) is 13.7. The number of carbonyl (C=O) groups excluding carboxylic acids is 1. The maximum atomic E-state index is 12.0. The number of hydrogen-bond acceptors (Lipinski definition) is 4. The minimum Gasteiger partial charge on any atom is -0.480 e. The van der Waals surface area contributed by atoms with Gasteiger partial charge in [-0.3, -0.25) is 9.59 Å². The van der Waals surface area contributed by atoms with E-state index < -0.39 is 31.1 Å². The highest BCUT2D eigenvalue weighted by Gasteiger charge is 2.29. The molecule has 8 nitrogen and oxygen atoms in total. The second kappa shape index (κ2) is 6.20. The van der Waals surface area contributed by atoms with Crippen molar-refractivity contribution in [2.45, 2.75) is 12.5 Å². The van der Waals surface area contributed by atoms with Crippen LogP contribution in [0.5, 0.6) is 0 Å². The number of likely N-dealkylation sites (N-methyl/N-ethyl adjacent to an activating group) is 1. The van der Waals surface area contributed by atoms with E-state index in [4.69, 9.17) is 14.9 Å². The molecule has 102 valence electrons. The quantitative estimate of drug-likeness (QED) is 0.676. The van der Waals surface area contributed by atoms with Crippen LogP contribution in [0.3, 0.4) is 0 Å². The summed E-state index contributed by atoms with van der Waals surface area (Å²) in [5.74, 6) is -2.50. The van der Waals surface area contributed by atoms with Crippen LogP contribution in [0, 0.1) is 0 Å². The minimum atomic E-state index is -1.25. The van der Waals surface area contributed by atoms with Crippen molar-refractivity contribution < 1.29 is 29.3 Å². The molecule has 1 atom stereocenters. The molecule has 0 saturated carbocycles. The van der Waals surface area contributed by atoms with Crippen LogP contribution in [-0.4, -0.2) is 77.4 Å². The largest absolute Gasteiger partial charge is 0.480 e. The summed E-state index contributed by atoms with van der Waals surface area (Å²) in [5, 5.41) is 17.3. The van der Waals surface area contributed by atoms with Crippen molar-refractivity contribution in [3.05, 3.63) is 0 Å². The second-order valence-corrected chi connectivity index (χ2v) is 4.05. The molecule has 1 aliphatic rings. The van der Waals surface area contributed by atoms with Crippen LogP contribution in [0.1, 0.15) is 6.42 Å². The smallest absolute Gasteiger partial charge is 0.323 e. The van der Waals surface area contributed by atoms with Crippen molar-refractivity contribution in [3.8, 4) is 0 Å². The molecule has 0 aliphatic carbocycles. The molecule has 1 saturated heterocycles. The number of carboxylic acid groups (broad SMARTS) is 2. The molecule has 1 heterocycles. The number of nitrogens with zero attached hydrogens (tertiary/aromatic N) is 2. The Bertz CT molecular complexity index is 323. The summed E-state index contributed by atoms with van der Waals surface area (Å²) < 4.78 is 5.13. The van der Waals surface area contributed by atoms with Gasteiger partial charge in [0.15, 0.2) is 0 Å². The summed E-state index contributed by atoms with van der Waals surface area (Å²) in [4.78, 5) is 35.3. The van der Waals surface area contributed by atoms with Gasteiger partial charge in [0.2, 0.25) is 0 Å². The van der Waals surface area contributed by atoms with Crippen LogP contribution in [0.25, 0.3) is 0 Å². The molecule has 2 N–H and O–H groups in total. The van der Waals surface area contributed by atoms with E-state index in [-0.39, 0.29) is 6.04 Å². The number of carboxylic acids is 2. The van der Waals surface area contributed by atoms with Crippen LogP contribution < -0.4 is 0 Å². The van der Waals surface area contributed by atoms with Gasteiger partial charge < -0.3 is 24.7 Å². The molecule has 1 rings (SSSR count). The Morgan fingerprint density at radius 2 is 1.78 bits per heavy atom. The molecule has 18 heavy (non-hydrogen) atoms. The molecule has 0 spiro atoms. The Hall–Kier alpha value is -1.83. The maximum absolute atomic E-state index is 12.0. The van der Waals surface area contributed by atoms with Crippen molar-refractivity contribution in [1.82, 2.24) is 9.80 Å². The third kappa shape index (κ3) is 3.88. The SMILES string of the molecule is CN(C(=O)N(CC(=O)O)CC(=O)O)C1CCOC1. The van der Waals surface area contributed by atoms with Gasteiger partial charge in [-0.2, -0.15) is 0 Å². The van der Waals surface area contributed by atoms with Crippen molar-refractivity contribution in [3.63, 3.8) is 0 Å². The third-order valence-corrected chi connectivity index (χ3v) is 2.68. The standard InChI is InChI=1S/C10H16N2O6/c1-11(7-2-3-18-6-7)10(17)12(4-8(13)14)5-9(15)16/h7H,2-6H2,1H3,(H,13,14)(H,15,16). The third-order valence-electron chi connectivity index (χ3n) is 2.68. The minimum absolute atomic E-state index is 0.136. The number of urea groups is 1. The molecule has 0 aromatic heterocycles. The van der Waals surface area contributed by atoms with E-state index in [1.54, 1.807) is 0 Å². The van der Waals surface area contributed by atoms with E-state index in [0.29, 0.717) is 19.6 Å². The summed E-state index contributed by atoms with van der Waals surface area (Å²) in [6, 6.07) is -0.752. The lowest BCUT2D eigenvalue weighted by Crippen LogP contribution is -2.49. The highest BCUT2D eigenvalue weighted by atomic mass is 16.5. The summed E-state index contributed by atoms with van der Waals surface area (Å²) in [7, 11) is 1.51. The molecule has 1 unspecified atom stereocenters. The highest BCUT2D eigenvalue weighted by Crippen LogP contribution is 2.12. The zero-order valence-electron chi connectivity index (χ0n) is 10.0. The second-order valence-electron chi connectivity index (χ2n) is 4.05. The van der Waals surface area contributed by atoms with Crippen LogP contribution in [-0.2, 0) is 14.3 Å². The fourth-order valence-corrected chi connectivity index (χ4v) is 1.72. The molecule has 0 radical (unpaired) electrons. The van der Waals surface area contributed by atoms with E-state index >= 15 is 0 Å². The van der Waals surface area contributed by atoms with Crippen LogP contribution >= 0.6 is 0 Å². The highest BCUT2D eigenvalue weighted by molar-refractivity contribution is 5.84. The molecule has 8 heteroatoms. The molecule has 1 aliphatic heterocycles. The summed E-state index contributed by atoms with van der Waals surface area (Å²) in [6.07, 6.45) is 0.663. The van der Waals surface area contributed by atoms with E-state index in [1.807, 2.05) is 0 Å². The van der Waals surface area contributed by atoms with Gasteiger partial charge in [0.05, 0.1) is 12.6 Å². The fraction of sp³-hybridized carbons (Fsp3) is 0.700. The lowest BCUT2D eigenvalue weighted by Gasteiger charge is -2.29. The van der Waals surface area contributed by atoms with Crippen molar-refractivity contribution in [2.24, 2.45) is 0 Å². The first-order valence-electron chi connectivity index (χ1n) is 5.45. The maximum Gasteiger partial charge on any atom is 0.323 e. The van der Waals surface area contributed by atoms with Gasteiger partial charge in [-0.25, -0.2) is 4.79 Å². The zero-order valence-corrected chi connectivity index (χ0v) is 10.0. The molecule has 0 aromatic carbocycles. The van der Waals surface area contributed by atoms with Crippen molar-refractivity contribution >= 4 is 18.0 Å². The molecule has 2 amide bonds. The van der Waals surface area contributed by atoms with Gasteiger partial charge in [0, 0.05) is 13.7 Å². The molecule has 0 aromatic rings. The number of rotatable bonds is 5. The van der Waals surface area contributed by atoms with E-state index in [2.05, 4.69) is 0 Å². The Labute approximate surface area is 104 Å². The first-order chi connectivity index (χ1) is 8.41. The van der Waals surface area contributed by atoms with Gasteiger partial charge in [0.25, 0.3) is 0 Å². The number of hydrogen-bond donors (Lipinski definition) is 2. The predicted molar refractivity (Wildman–Crippen MR) is 59.2 cm³/mol. The van der Waals surface area contributed by atoms with E-state index in [0.717, 1.165) is 4.90 Å². The Morgan fingerprint density at radius 3 is 2.17 bits per heavy atom. The van der Waals surface area contributed by atoms with E-state index in [1.165, 1.54) is 11.9 Å². The predicted octanol–water partition coefficient (Wildman–Crippen LogP) is -0.702. The lowest BCUT2D eigenvalue weighted by molar-refractivity contribution is -0.140.